The largest absolute Gasteiger partial charge is 0.477 e. The Balaban J connectivity index is 1.58. The van der Waals surface area contributed by atoms with Crippen molar-refractivity contribution in [1.82, 2.24) is 0 Å². The van der Waals surface area contributed by atoms with Gasteiger partial charge in [0.1, 0.15) is 4.88 Å². The highest BCUT2D eigenvalue weighted by Crippen LogP contribution is 2.39. The van der Waals surface area contributed by atoms with E-state index in [1.54, 1.807) is 0 Å². The smallest absolute Gasteiger partial charge is 0.348 e. The number of hydrogen-bond donors (Lipinski definition) is 1. The van der Waals surface area contributed by atoms with Crippen LogP contribution in [0.3, 0.4) is 0 Å². The summed E-state index contributed by atoms with van der Waals surface area (Å²) in [5.74, 6) is 6.16. The molecule has 37 heavy (non-hydrogen) atoms. The van der Waals surface area contributed by atoms with Crippen LogP contribution in [0.4, 0.5) is 5.69 Å². The van der Waals surface area contributed by atoms with Crippen LogP contribution in [0, 0.1) is 29.1 Å². The fraction of sp³-hybridized carbons (Fsp3) is 0.742. The van der Waals surface area contributed by atoms with E-state index in [1.165, 1.54) is 43.4 Å². The molecule has 3 saturated carbocycles. The molecule has 3 aliphatic rings. The molecule has 0 unspecified atom stereocenters. The van der Waals surface area contributed by atoms with Gasteiger partial charge < -0.3 is 14.7 Å². The molecule has 5 nitrogen and oxygen atoms in total. The lowest BCUT2D eigenvalue weighted by Gasteiger charge is -2.40. The lowest BCUT2D eigenvalue weighted by Crippen LogP contribution is -2.47. The molecule has 1 amide bonds. The van der Waals surface area contributed by atoms with Crippen LogP contribution < -0.4 is 4.90 Å². The van der Waals surface area contributed by atoms with Crippen molar-refractivity contribution in [2.45, 2.75) is 129 Å². The van der Waals surface area contributed by atoms with Gasteiger partial charge in [-0.25, -0.2) is 4.79 Å². The van der Waals surface area contributed by atoms with E-state index in [9.17, 15) is 14.7 Å². The topological polar surface area (TPSA) is 66.8 Å². The first-order valence-electron chi connectivity index (χ1n) is 14.5. The standard InChI is InChI=1S/C31H45NO4S/c1-21-10-12-22(13-11-21)29(33)32(23-14-16-25(17-15-23)36-24-8-6-5-7-9-24)27-20-26(18-19-31(2,3)4)37-28(27)30(34)35/h20-25H,5-17H2,1-4H3,(H,34,35)/t21-,22-,23-,25-. The zero-order valence-electron chi connectivity index (χ0n) is 23.2. The summed E-state index contributed by atoms with van der Waals surface area (Å²) in [6.07, 6.45) is 14.3. The van der Waals surface area contributed by atoms with Crippen LogP contribution in [-0.4, -0.2) is 35.2 Å². The number of aromatic carboxylic acids is 1. The summed E-state index contributed by atoms with van der Waals surface area (Å²) < 4.78 is 6.47. The molecule has 1 aromatic heterocycles. The molecule has 4 rings (SSSR count). The second-order valence-corrected chi connectivity index (χ2v) is 13.7. The van der Waals surface area contributed by atoms with E-state index in [2.05, 4.69) is 18.8 Å². The summed E-state index contributed by atoms with van der Waals surface area (Å²) in [6.45, 7) is 8.38. The van der Waals surface area contributed by atoms with Crippen LogP contribution in [0.1, 0.15) is 126 Å². The van der Waals surface area contributed by atoms with Gasteiger partial charge in [-0.1, -0.05) is 38.0 Å². The van der Waals surface area contributed by atoms with Crippen molar-refractivity contribution in [2.24, 2.45) is 17.3 Å². The molecule has 0 saturated heterocycles. The SMILES string of the molecule is CC(C)(C)C#Cc1cc(N(C(=O)[C@H]2CC[C@H](C)CC2)[C@H]2CC[C@H](OC3CCCCC3)CC2)c(C(=O)O)s1. The van der Waals surface area contributed by atoms with Gasteiger partial charge in [0, 0.05) is 17.4 Å². The van der Waals surface area contributed by atoms with Gasteiger partial charge >= 0.3 is 5.97 Å². The Morgan fingerprint density at radius 2 is 1.57 bits per heavy atom. The lowest BCUT2D eigenvalue weighted by atomic mass is 9.81. The molecule has 0 bridgehead atoms. The van der Waals surface area contributed by atoms with Gasteiger partial charge in [0.05, 0.1) is 22.8 Å². The van der Waals surface area contributed by atoms with Crippen LogP contribution in [0.2, 0.25) is 0 Å². The van der Waals surface area contributed by atoms with Gasteiger partial charge in [-0.05, 0) is 97.0 Å². The van der Waals surface area contributed by atoms with Crippen LogP contribution in [0.25, 0.3) is 0 Å². The number of carbonyl (C=O) groups is 2. The molecule has 1 N–H and O–H groups in total. The lowest BCUT2D eigenvalue weighted by molar-refractivity contribution is -0.124. The number of carbonyl (C=O) groups excluding carboxylic acids is 1. The quantitative estimate of drug-likeness (QED) is 0.386. The van der Waals surface area contributed by atoms with E-state index in [-0.39, 0.29) is 34.3 Å². The maximum atomic E-state index is 14.1. The maximum absolute atomic E-state index is 14.1. The molecule has 1 aromatic rings. The fourth-order valence-corrected chi connectivity index (χ4v) is 6.98. The molecule has 0 spiro atoms. The normalized spacial score (nSPS) is 27.2. The zero-order valence-corrected chi connectivity index (χ0v) is 24.0. The summed E-state index contributed by atoms with van der Waals surface area (Å²) in [5.41, 5.74) is 0.370. The minimum atomic E-state index is -0.979. The Bertz CT molecular complexity index is 991. The van der Waals surface area contributed by atoms with Crippen LogP contribution in [-0.2, 0) is 9.53 Å². The predicted molar refractivity (Wildman–Crippen MR) is 150 cm³/mol. The molecule has 3 fully saturated rings. The first-order valence-corrected chi connectivity index (χ1v) is 15.3. The molecular formula is C31H45NO4S. The number of thiophene rings is 1. The Labute approximate surface area is 227 Å². The van der Waals surface area contributed by atoms with E-state index < -0.39 is 5.97 Å². The van der Waals surface area contributed by atoms with Gasteiger partial charge in [0.15, 0.2) is 0 Å². The number of anilines is 1. The molecule has 6 heteroatoms. The van der Waals surface area contributed by atoms with Gasteiger partial charge in [0.25, 0.3) is 0 Å². The average Bonchev–Trinajstić information content (AvgIpc) is 3.29. The molecule has 3 aliphatic carbocycles. The molecule has 204 valence electrons. The van der Waals surface area contributed by atoms with E-state index >= 15 is 0 Å². The van der Waals surface area contributed by atoms with E-state index in [1.807, 2.05) is 31.7 Å². The van der Waals surface area contributed by atoms with Gasteiger partial charge in [-0.15, -0.1) is 11.3 Å². The Hall–Kier alpha value is -1.84. The third kappa shape index (κ3) is 7.60. The van der Waals surface area contributed by atoms with Gasteiger partial charge in [-0.3, -0.25) is 4.79 Å². The number of rotatable bonds is 6. The van der Waals surface area contributed by atoms with Crippen LogP contribution in [0.15, 0.2) is 6.07 Å². The highest BCUT2D eigenvalue weighted by atomic mass is 32.1. The van der Waals surface area contributed by atoms with Crippen molar-refractivity contribution >= 4 is 28.9 Å². The maximum Gasteiger partial charge on any atom is 0.348 e. The number of carboxylic acid groups (broad SMARTS) is 1. The van der Waals surface area contributed by atoms with Crippen LogP contribution >= 0.6 is 11.3 Å². The number of carboxylic acids is 1. The Morgan fingerprint density at radius 1 is 0.946 bits per heavy atom. The number of nitrogens with zero attached hydrogens (tertiary/aromatic N) is 1. The Kier molecular flexibility index (Phi) is 9.40. The molecule has 0 aromatic carbocycles. The van der Waals surface area contributed by atoms with Crippen LogP contribution in [0.5, 0.6) is 0 Å². The summed E-state index contributed by atoms with van der Waals surface area (Å²) in [7, 11) is 0. The summed E-state index contributed by atoms with van der Waals surface area (Å²) in [6, 6.07) is 1.87. The summed E-state index contributed by atoms with van der Waals surface area (Å²) >= 11 is 1.20. The van der Waals surface area contributed by atoms with E-state index in [0.29, 0.717) is 22.6 Å². The highest BCUT2D eigenvalue weighted by molar-refractivity contribution is 7.15. The second-order valence-electron chi connectivity index (χ2n) is 12.6. The van der Waals surface area contributed by atoms with E-state index in [4.69, 9.17) is 4.74 Å². The monoisotopic (exact) mass is 527 g/mol. The van der Waals surface area contributed by atoms with Crippen molar-refractivity contribution in [2.75, 3.05) is 4.90 Å². The highest BCUT2D eigenvalue weighted by Gasteiger charge is 2.38. The number of amides is 1. The Morgan fingerprint density at radius 3 is 2.16 bits per heavy atom. The average molecular weight is 528 g/mol. The van der Waals surface area contributed by atoms with Crippen molar-refractivity contribution in [3.05, 3.63) is 15.8 Å². The molecule has 0 aliphatic heterocycles. The number of ether oxygens (including phenoxy) is 1. The third-order valence-electron chi connectivity index (χ3n) is 8.28. The summed E-state index contributed by atoms with van der Waals surface area (Å²) in [5, 5.41) is 10.1. The van der Waals surface area contributed by atoms with E-state index in [0.717, 1.165) is 51.4 Å². The van der Waals surface area contributed by atoms with Gasteiger partial charge in [0.2, 0.25) is 5.91 Å². The minimum Gasteiger partial charge on any atom is -0.477 e. The predicted octanol–water partition coefficient (Wildman–Crippen LogP) is 7.66. The molecule has 1 heterocycles. The van der Waals surface area contributed by atoms with Gasteiger partial charge in [-0.2, -0.15) is 0 Å². The minimum absolute atomic E-state index is 0.00850. The molecular weight excluding hydrogens is 482 g/mol. The van der Waals surface area contributed by atoms with Crippen molar-refractivity contribution in [3.8, 4) is 11.8 Å². The zero-order chi connectivity index (χ0) is 26.6. The van der Waals surface area contributed by atoms with Crippen molar-refractivity contribution < 1.29 is 19.4 Å². The number of hydrogen-bond acceptors (Lipinski definition) is 4. The third-order valence-corrected chi connectivity index (χ3v) is 9.30. The van der Waals surface area contributed by atoms with Crippen molar-refractivity contribution in [3.63, 3.8) is 0 Å². The summed E-state index contributed by atoms with van der Waals surface area (Å²) in [4.78, 5) is 29.3. The first-order chi connectivity index (χ1) is 17.6. The molecule has 0 radical (unpaired) electrons. The van der Waals surface area contributed by atoms with Crippen molar-refractivity contribution in [1.29, 1.82) is 0 Å². The first kappa shape index (κ1) is 28.2. The second kappa shape index (κ2) is 12.3. The fourth-order valence-electron chi connectivity index (χ4n) is 6.14. The molecule has 0 atom stereocenters.